The summed E-state index contributed by atoms with van der Waals surface area (Å²) >= 11 is 5.90. The summed E-state index contributed by atoms with van der Waals surface area (Å²) in [4.78, 5) is 44.1. The molecule has 1 saturated heterocycles. The lowest BCUT2D eigenvalue weighted by Crippen LogP contribution is -2.42. The first-order chi connectivity index (χ1) is 17.0. The number of carbonyl (C=O) groups is 3. The summed E-state index contributed by atoms with van der Waals surface area (Å²) in [7, 11) is 0. The summed E-state index contributed by atoms with van der Waals surface area (Å²) in [5, 5.41) is 9.08. The number of rotatable bonds is 7. The summed E-state index contributed by atoms with van der Waals surface area (Å²) in [6, 6.07) is 19.0. The first-order valence-electron chi connectivity index (χ1n) is 11.4. The quantitative estimate of drug-likeness (QED) is 0.458. The maximum atomic E-state index is 12.8. The van der Waals surface area contributed by atoms with Crippen molar-refractivity contribution >= 4 is 46.5 Å². The van der Waals surface area contributed by atoms with Crippen LogP contribution < -0.4 is 16.0 Å². The van der Waals surface area contributed by atoms with E-state index in [1.54, 1.807) is 66.9 Å². The van der Waals surface area contributed by atoms with Gasteiger partial charge in [0.05, 0.1) is 17.8 Å². The highest BCUT2D eigenvalue weighted by Gasteiger charge is 2.26. The molecule has 8 nitrogen and oxygen atoms in total. The van der Waals surface area contributed by atoms with Crippen molar-refractivity contribution in [2.75, 3.05) is 35.6 Å². The lowest BCUT2D eigenvalue weighted by molar-refractivity contribution is -0.121. The first-order valence-corrected chi connectivity index (χ1v) is 11.8. The van der Waals surface area contributed by atoms with Crippen molar-refractivity contribution < 1.29 is 14.4 Å². The number of piperidine rings is 1. The fourth-order valence-corrected chi connectivity index (χ4v) is 4.06. The Kier molecular flexibility index (Phi) is 8.07. The second-order valence-corrected chi connectivity index (χ2v) is 8.75. The van der Waals surface area contributed by atoms with Crippen molar-refractivity contribution in [3.05, 3.63) is 83.5 Å². The van der Waals surface area contributed by atoms with Crippen LogP contribution in [0.5, 0.6) is 0 Å². The van der Waals surface area contributed by atoms with E-state index in [9.17, 15) is 14.4 Å². The number of aromatic nitrogens is 1. The Morgan fingerprint density at radius 1 is 0.886 bits per heavy atom. The van der Waals surface area contributed by atoms with Crippen LogP contribution in [-0.4, -0.2) is 47.2 Å². The molecule has 3 aromatic rings. The molecule has 0 saturated carbocycles. The summed E-state index contributed by atoms with van der Waals surface area (Å²) in [5.74, 6) is -0.170. The third-order valence-electron chi connectivity index (χ3n) is 5.79. The van der Waals surface area contributed by atoms with Crippen LogP contribution >= 0.6 is 11.6 Å². The number of carbonyl (C=O) groups excluding carboxylic acids is 3. The molecule has 1 aromatic heterocycles. The molecule has 0 radical (unpaired) electrons. The summed E-state index contributed by atoms with van der Waals surface area (Å²) < 4.78 is 0. The minimum atomic E-state index is -0.331. The van der Waals surface area contributed by atoms with Crippen LogP contribution in [0, 0.1) is 5.92 Å². The summed E-state index contributed by atoms with van der Waals surface area (Å²) in [6.45, 7) is 1.45. The number of benzene rings is 2. The molecular weight excluding hydrogens is 466 g/mol. The van der Waals surface area contributed by atoms with E-state index in [1.165, 1.54) is 0 Å². The molecule has 3 N–H and O–H groups in total. The zero-order chi connectivity index (χ0) is 24.6. The van der Waals surface area contributed by atoms with Gasteiger partial charge in [-0.1, -0.05) is 29.8 Å². The molecule has 0 aliphatic carbocycles. The highest BCUT2D eigenvalue weighted by molar-refractivity contribution is 6.30. The molecule has 4 rings (SSSR count). The molecule has 0 spiro atoms. The lowest BCUT2D eigenvalue weighted by atomic mass is 9.96. The van der Waals surface area contributed by atoms with Gasteiger partial charge >= 0.3 is 0 Å². The Bertz CT molecular complexity index is 1180. The number of hydrogen-bond donors (Lipinski definition) is 3. The van der Waals surface area contributed by atoms with Gasteiger partial charge < -0.3 is 16.0 Å². The number of likely N-dealkylation sites (tertiary alicyclic amines) is 1. The van der Waals surface area contributed by atoms with Gasteiger partial charge in [0.2, 0.25) is 11.8 Å². The Balaban J connectivity index is 1.28. The normalized spacial score (nSPS) is 14.2. The molecule has 0 atom stereocenters. The second-order valence-electron chi connectivity index (χ2n) is 8.31. The molecule has 9 heteroatoms. The molecular formula is C26H26ClN5O3. The number of amides is 3. The monoisotopic (exact) mass is 491 g/mol. The highest BCUT2D eigenvalue weighted by Crippen LogP contribution is 2.21. The third-order valence-corrected chi connectivity index (χ3v) is 6.04. The molecule has 1 fully saturated rings. The zero-order valence-electron chi connectivity index (χ0n) is 19.0. The van der Waals surface area contributed by atoms with E-state index >= 15 is 0 Å². The van der Waals surface area contributed by atoms with Gasteiger partial charge in [0.1, 0.15) is 5.82 Å². The van der Waals surface area contributed by atoms with E-state index in [4.69, 9.17) is 11.6 Å². The topological polar surface area (TPSA) is 103 Å². The molecule has 180 valence electrons. The fourth-order valence-electron chi connectivity index (χ4n) is 3.93. The third kappa shape index (κ3) is 6.88. The fraction of sp³-hybridized carbons (Fsp3) is 0.231. The van der Waals surface area contributed by atoms with Crippen molar-refractivity contribution in [1.82, 2.24) is 9.88 Å². The number of hydrogen-bond acceptors (Lipinski definition) is 5. The van der Waals surface area contributed by atoms with Gasteiger partial charge in [-0.05, 0) is 74.5 Å². The molecule has 2 aromatic carbocycles. The second kappa shape index (κ2) is 11.6. The van der Waals surface area contributed by atoms with Gasteiger partial charge in [-0.25, -0.2) is 4.98 Å². The SMILES string of the molecule is O=C(CN1CCC(C(=O)Nc2ccccn2)CC1)Nc1ccccc1C(=O)Nc1ccc(Cl)cc1. The molecule has 0 unspecified atom stereocenters. The van der Waals surface area contributed by atoms with Crippen LogP contribution in [0.4, 0.5) is 17.2 Å². The van der Waals surface area contributed by atoms with E-state index in [1.807, 2.05) is 11.0 Å². The molecule has 3 amide bonds. The van der Waals surface area contributed by atoms with Crippen LogP contribution in [0.15, 0.2) is 72.9 Å². The number of para-hydroxylation sites is 1. The maximum Gasteiger partial charge on any atom is 0.257 e. The van der Waals surface area contributed by atoms with Crippen molar-refractivity contribution in [2.24, 2.45) is 5.92 Å². The van der Waals surface area contributed by atoms with Gasteiger partial charge in [0, 0.05) is 22.8 Å². The van der Waals surface area contributed by atoms with Crippen molar-refractivity contribution in [1.29, 1.82) is 0 Å². The molecule has 1 aliphatic rings. The van der Waals surface area contributed by atoms with E-state index in [2.05, 4.69) is 20.9 Å². The van der Waals surface area contributed by atoms with Gasteiger partial charge in [0.25, 0.3) is 5.91 Å². The van der Waals surface area contributed by atoms with Crippen LogP contribution in [-0.2, 0) is 9.59 Å². The van der Waals surface area contributed by atoms with E-state index in [0.717, 1.165) is 0 Å². The van der Waals surface area contributed by atoms with Crippen molar-refractivity contribution in [3.63, 3.8) is 0 Å². The minimum absolute atomic E-state index is 0.0478. The summed E-state index contributed by atoms with van der Waals surface area (Å²) in [6.07, 6.45) is 2.95. The number of halogens is 1. The Morgan fingerprint density at radius 2 is 1.60 bits per heavy atom. The Morgan fingerprint density at radius 3 is 2.31 bits per heavy atom. The summed E-state index contributed by atoms with van der Waals surface area (Å²) in [5.41, 5.74) is 1.41. The Hall–Kier alpha value is -3.75. The Labute approximate surface area is 208 Å². The molecule has 35 heavy (non-hydrogen) atoms. The lowest BCUT2D eigenvalue weighted by Gasteiger charge is -2.30. The van der Waals surface area contributed by atoms with Gasteiger partial charge in [0.15, 0.2) is 0 Å². The predicted octanol–water partition coefficient (Wildman–Crippen LogP) is 4.28. The van der Waals surface area contributed by atoms with E-state index in [-0.39, 0.29) is 30.2 Å². The minimum Gasteiger partial charge on any atom is -0.324 e. The average molecular weight is 492 g/mol. The standard InChI is InChI=1S/C26H26ClN5O3/c27-19-8-10-20(11-9-19)29-26(35)21-5-1-2-6-22(21)30-24(33)17-32-15-12-18(13-16-32)25(34)31-23-7-3-4-14-28-23/h1-11,14,18H,12-13,15-17H2,(H,29,35)(H,30,33)(H,28,31,34). The number of nitrogens with zero attached hydrogens (tertiary/aromatic N) is 2. The number of pyridine rings is 1. The highest BCUT2D eigenvalue weighted by atomic mass is 35.5. The van der Waals surface area contributed by atoms with Crippen molar-refractivity contribution in [2.45, 2.75) is 12.8 Å². The van der Waals surface area contributed by atoms with Gasteiger partial charge in [-0.3, -0.25) is 19.3 Å². The van der Waals surface area contributed by atoms with Crippen LogP contribution in [0.3, 0.4) is 0 Å². The van der Waals surface area contributed by atoms with Crippen LogP contribution in [0.25, 0.3) is 0 Å². The molecule has 2 heterocycles. The molecule has 1 aliphatic heterocycles. The van der Waals surface area contributed by atoms with Gasteiger partial charge in [-0.15, -0.1) is 0 Å². The van der Waals surface area contributed by atoms with Crippen molar-refractivity contribution in [3.8, 4) is 0 Å². The van der Waals surface area contributed by atoms with E-state index < -0.39 is 0 Å². The van der Waals surface area contributed by atoms with Gasteiger partial charge in [-0.2, -0.15) is 0 Å². The zero-order valence-corrected chi connectivity index (χ0v) is 19.8. The smallest absolute Gasteiger partial charge is 0.257 e. The van der Waals surface area contributed by atoms with E-state index in [0.29, 0.717) is 53.7 Å². The largest absolute Gasteiger partial charge is 0.324 e. The number of anilines is 3. The molecule has 0 bridgehead atoms. The average Bonchev–Trinajstić information content (AvgIpc) is 2.86. The first kappa shape index (κ1) is 24.4. The predicted molar refractivity (Wildman–Crippen MR) is 137 cm³/mol. The maximum absolute atomic E-state index is 12.8. The van der Waals surface area contributed by atoms with Crippen LogP contribution in [0.2, 0.25) is 5.02 Å². The van der Waals surface area contributed by atoms with Crippen LogP contribution in [0.1, 0.15) is 23.2 Å². The number of nitrogens with one attached hydrogen (secondary N) is 3.